The summed E-state index contributed by atoms with van der Waals surface area (Å²) in [4.78, 5) is 0. The first kappa shape index (κ1) is 13.1. The molecule has 0 unspecified atom stereocenters. The second kappa shape index (κ2) is 5.40. The molecular formula is C8H15ClO6. The summed E-state index contributed by atoms with van der Waals surface area (Å²) in [6.07, 6.45) is -4.28. The molecule has 0 amide bonds. The highest BCUT2D eigenvalue weighted by Crippen LogP contribution is 2.24. The molecule has 0 aromatic carbocycles. The van der Waals surface area contributed by atoms with Gasteiger partial charge in [0.2, 0.25) is 5.79 Å². The molecule has 1 aliphatic heterocycles. The Labute approximate surface area is 92.0 Å². The minimum absolute atomic E-state index is 0.193. The number of aliphatic hydroxyl groups excluding tert-OH is 3. The molecule has 4 N–H and O–H groups in total. The van der Waals surface area contributed by atoms with E-state index in [1.54, 1.807) is 0 Å². The number of halogens is 1. The van der Waals surface area contributed by atoms with Crippen LogP contribution >= 0.6 is 11.6 Å². The van der Waals surface area contributed by atoms with Gasteiger partial charge >= 0.3 is 0 Å². The summed E-state index contributed by atoms with van der Waals surface area (Å²) in [5.74, 6) is -1.75. The van der Waals surface area contributed by atoms with E-state index in [1.807, 2.05) is 0 Å². The Hall–Kier alpha value is 0.0500. The maximum atomic E-state index is 9.74. The van der Waals surface area contributed by atoms with Crippen molar-refractivity contribution in [3.05, 3.63) is 0 Å². The SMILES string of the molecule is O[C@@H]1[C@H](O)CO[C@](O)(COCCCl)[C@H]1O. The summed E-state index contributed by atoms with van der Waals surface area (Å²) < 4.78 is 9.75. The lowest BCUT2D eigenvalue weighted by molar-refractivity contribution is -0.334. The van der Waals surface area contributed by atoms with Crippen LogP contribution in [0.25, 0.3) is 0 Å². The number of hydrogen-bond acceptors (Lipinski definition) is 6. The zero-order valence-corrected chi connectivity index (χ0v) is 8.80. The first-order chi connectivity index (χ1) is 7.01. The van der Waals surface area contributed by atoms with Crippen LogP contribution in [0.15, 0.2) is 0 Å². The predicted molar refractivity (Wildman–Crippen MR) is 50.5 cm³/mol. The lowest BCUT2D eigenvalue weighted by Gasteiger charge is -2.41. The molecule has 1 aliphatic rings. The van der Waals surface area contributed by atoms with Gasteiger partial charge < -0.3 is 29.9 Å². The Kier molecular flexibility index (Phi) is 4.72. The van der Waals surface area contributed by atoms with E-state index in [2.05, 4.69) is 0 Å². The monoisotopic (exact) mass is 242 g/mol. The number of rotatable bonds is 4. The molecule has 0 saturated carbocycles. The normalized spacial score (nSPS) is 41.8. The van der Waals surface area contributed by atoms with Crippen molar-refractivity contribution in [3.63, 3.8) is 0 Å². The highest BCUT2D eigenvalue weighted by atomic mass is 35.5. The molecule has 0 aliphatic carbocycles. The molecule has 0 spiro atoms. The van der Waals surface area contributed by atoms with Gasteiger partial charge in [0.05, 0.1) is 13.2 Å². The Balaban J connectivity index is 2.51. The van der Waals surface area contributed by atoms with Gasteiger partial charge in [-0.1, -0.05) is 0 Å². The standard InChI is InChI=1S/C8H15ClO6/c9-1-2-14-4-8(13)7(12)6(11)5(10)3-15-8/h5-7,10-13H,1-4H2/t5-,6-,7+,8-/m1/s1. The molecule has 0 aromatic rings. The van der Waals surface area contributed by atoms with Crippen LogP contribution in [0.2, 0.25) is 0 Å². The Morgan fingerprint density at radius 2 is 2.07 bits per heavy atom. The third-order valence-electron chi connectivity index (χ3n) is 2.21. The summed E-state index contributed by atoms with van der Waals surface area (Å²) in [6, 6.07) is 0. The molecule has 1 saturated heterocycles. The Morgan fingerprint density at radius 3 is 2.67 bits per heavy atom. The first-order valence-corrected chi connectivity index (χ1v) is 5.09. The fourth-order valence-corrected chi connectivity index (χ4v) is 1.40. The fourth-order valence-electron chi connectivity index (χ4n) is 1.29. The van der Waals surface area contributed by atoms with Gasteiger partial charge in [0.15, 0.2) is 0 Å². The molecule has 90 valence electrons. The van der Waals surface area contributed by atoms with Crippen molar-refractivity contribution in [1.82, 2.24) is 0 Å². The van der Waals surface area contributed by atoms with Gasteiger partial charge in [-0.05, 0) is 0 Å². The second-order valence-electron chi connectivity index (χ2n) is 3.40. The summed E-state index contributed by atoms with van der Waals surface area (Å²) in [5, 5.41) is 37.7. The van der Waals surface area contributed by atoms with Crippen LogP contribution in [0.5, 0.6) is 0 Å². The number of alkyl halides is 1. The van der Waals surface area contributed by atoms with E-state index in [4.69, 9.17) is 26.2 Å². The van der Waals surface area contributed by atoms with E-state index in [1.165, 1.54) is 0 Å². The quantitative estimate of drug-likeness (QED) is 0.338. The van der Waals surface area contributed by atoms with Crippen LogP contribution in [0.1, 0.15) is 0 Å². The lowest BCUT2D eigenvalue weighted by Crippen LogP contribution is -2.62. The maximum absolute atomic E-state index is 9.74. The maximum Gasteiger partial charge on any atom is 0.219 e. The summed E-state index contributed by atoms with van der Waals surface area (Å²) in [6.45, 7) is -0.387. The number of hydrogen-bond donors (Lipinski definition) is 4. The largest absolute Gasteiger partial charge is 0.388 e. The van der Waals surface area contributed by atoms with Crippen molar-refractivity contribution in [2.24, 2.45) is 0 Å². The summed E-state index contributed by atoms with van der Waals surface area (Å²) in [7, 11) is 0. The molecule has 7 heteroatoms. The molecule has 1 fully saturated rings. The topological polar surface area (TPSA) is 99.4 Å². The molecule has 4 atom stereocenters. The molecule has 0 bridgehead atoms. The van der Waals surface area contributed by atoms with Crippen LogP contribution in [-0.4, -0.2) is 70.2 Å². The van der Waals surface area contributed by atoms with Crippen LogP contribution in [0.4, 0.5) is 0 Å². The molecule has 1 rings (SSSR count). The van der Waals surface area contributed by atoms with Gasteiger partial charge in [0, 0.05) is 5.88 Å². The molecule has 0 aromatic heterocycles. The van der Waals surface area contributed by atoms with E-state index in [0.29, 0.717) is 0 Å². The number of aliphatic hydroxyl groups is 4. The summed E-state index contributed by atoms with van der Waals surface area (Å²) >= 11 is 5.35. The van der Waals surface area contributed by atoms with Crippen molar-refractivity contribution in [2.75, 3.05) is 25.7 Å². The zero-order chi connectivity index (χ0) is 11.5. The van der Waals surface area contributed by atoms with Gasteiger partial charge in [-0.2, -0.15) is 0 Å². The van der Waals surface area contributed by atoms with Crippen molar-refractivity contribution in [1.29, 1.82) is 0 Å². The van der Waals surface area contributed by atoms with Crippen LogP contribution in [0, 0.1) is 0 Å². The van der Waals surface area contributed by atoms with E-state index < -0.39 is 24.1 Å². The van der Waals surface area contributed by atoms with E-state index in [0.717, 1.165) is 0 Å². The highest BCUT2D eigenvalue weighted by molar-refractivity contribution is 6.17. The fraction of sp³-hybridized carbons (Fsp3) is 1.00. The zero-order valence-electron chi connectivity index (χ0n) is 8.04. The van der Waals surface area contributed by atoms with Gasteiger partial charge in [-0.15, -0.1) is 11.6 Å². The third-order valence-corrected chi connectivity index (χ3v) is 2.37. The van der Waals surface area contributed by atoms with E-state index in [-0.39, 0.29) is 25.7 Å². The third kappa shape index (κ3) is 3.01. The van der Waals surface area contributed by atoms with Crippen molar-refractivity contribution < 1.29 is 29.9 Å². The van der Waals surface area contributed by atoms with Crippen molar-refractivity contribution >= 4 is 11.6 Å². The van der Waals surface area contributed by atoms with Crippen LogP contribution < -0.4 is 0 Å². The predicted octanol–water partition coefficient (Wildman–Crippen LogP) is -1.96. The molecule has 15 heavy (non-hydrogen) atoms. The molecular weight excluding hydrogens is 228 g/mol. The Morgan fingerprint density at radius 1 is 1.40 bits per heavy atom. The smallest absolute Gasteiger partial charge is 0.219 e. The summed E-state index contributed by atoms with van der Waals surface area (Å²) in [5.41, 5.74) is 0. The van der Waals surface area contributed by atoms with Gasteiger partial charge in [-0.3, -0.25) is 0 Å². The molecule has 1 heterocycles. The van der Waals surface area contributed by atoms with Crippen LogP contribution in [-0.2, 0) is 9.47 Å². The average molecular weight is 243 g/mol. The van der Waals surface area contributed by atoms with Gasteiger partial charge in [0.25, 0.3) is 0 Å². The van der Waals surface area contributed by atoms with E-state index in [9.17, 15) is 15.3 Å². The van der Waals surface area contributed by atoms with Crippen molar-refractivity contribution in [3.8, 4) is 0 Å². The minimum Gasteiger partial charge on any atom is -0.388 e. The minimum atomic E-state index is -2.00. The van der Waals surface area contributed by atoms with Crippen molar-refractivity contribution in [2.45, 2.75) is 24.1 Å². The first-order valence-electron chi connectivity index (χ1n) is 4.55. The molecule has 6 nitrogen and oxygen atoms in total. The van der Waals surface area contributed by atoms with Gasteiger partial charge in [-0.25, -0.2) is 0 Å². The van der Waals surface area contributed by atoms with E-state index >= 15 is 0 Å². The van der Waals surface area contributed by atoms with Gasteiger partial charge in [0.1, 0.15) is 24.9 Å². The highest BCUT2D eigenvalue weighted by Gasteiger charge is 2.48. The second-order valence-corrected chi connectivity index (χ2v) is 3.78. The molecule has 0 radical (unpaired) electrons. The average Bonchev–Trinajstić information content (AvgIpc) is 2.22. The van der Waals surface area contributed by atoms with Crippen LogP contribution in [0.3, 0.4) is 0 Å². The lowest BCUT2D eigenvalue weighted by atomic mass is 9.97. The Bertz CT molecular complexity index is 204. The number of ether oxygens (including phenoxy) is 2.